The van der Waals surface area contributed by atoms with Crippen LogP contribution in [0.4, 0.5) is 13.2 Å². The fourth-order valence-electron chi connectivity index (χ4n) is 4.06. The van der Waals surface area contributed by atoms with E-state index in [1.54, 1.807) is 6.92 Å². The van der Waals surface area contributed by atoms with Crippen molar-refractivity contribution in [2.75, 3.05) is 26.9 Å². The molecular weight excluding hydrogens is 477 g/mol. The molecule has 0 saturated carbocycles. The van der Waals surface area contributed by atoms with Crippen molar-refractivity contribution in [3.8, 4) is 17.2 Å². The van der Waals surface area contributed by atoms with E-state index in [1.807, 2.05) is 36.1 Å². The summed E-state index contributed by atoms with van der Waals surface area (Å²) in [6.45, 7) is 5.61. The van der Waals surface area contributed by atoms with E-state index in [0.717, 1.165) is 17.7 Å². The molecule has 0 amide bonds. The van der Waals surface area contributed by atoms with Crippen LogP contribution in [0.5, 0.6) is 5.75 Å². The average molecular weight is 505 g/mol. The summed E-state index contributed by atoms with van der Waals surface area (Å²) in [5.41, 5.74) is 1.28. The van der Waals surface area contributed by atoms with Crippen molar-refractivity contribution in [3.05, 3.63) is 71.1 Å². The van der Waals surface area contributed by atoms with Gasteiger partial charge in [-0.15, -0.1) is 0 Å². The van der Waals surface area contributed by atoms with Gasteiger partial charge in [0, 0.05) is 18.7 Å². The highest BCUT2D eigenvalue weighted by atomic mass is 19.4. The molecule has 192 valence electrons. The van der Waals surface area contributed by atoms with Gasteiger partial charge in [-0.25, -0.2) is 4.98 Å². The molecule has 2 heterocycles. The Morgan fingerprint density at radius 3 is 2.50 bits per heavy atom. The van der Waals surface area contributed by atoms with Crippen LogP contribution in [0.15, 0.2) is 52.9 Å². The van der Waals surface area contributed by atoms with Gasteiger partial charge in [-0.1, -0.05) is 12.1 Å². The van der Waals surface area contributed by atoms with E-state index in [-0.39, 0.29) is 11.9 Å². The third kappa shape index (κ3) is 5.88. The molecule has 0 bridgehead atoms. The van der Waals surface area contributed by atoms with Crippen molar-refractivity contribution in [2.24, 2.45) is 0 Å². The quantitative estimate of drug-likeness (QED) is 0.411. The molecule has 0 spiro atoms. The largest absolute Gasteiger partial charge is 0.484 e. The van der Waals surface area contributed by atoms with E-state index < -0.39 is 23.9 Å². The maximum absolute atomic E-state index is 12.8. The smallest absolute Gasteiger partial charge is 0.416 e. The minimum Gasteiger partial charge on any atom is -0.484 e. The van der Waals surface area contributed by atoms with Crippen molar-refractivity contribution in [2.45, 2.75) is 38.7 Å². The minimum absolute atomic E-state index is 0.229. The number of oxazole rings is 1. The van der Waals surface area contributed by atoms with Crippen LogP contribution < -0.4 is 4.74 Å². The van der Waals surface area contributed by atoms with E-state index in [4.69, 9.17) is 18.6 Å². The number of morpholine rings is 1. The number of aromatic nitrogens is 1. The first-order valence-electron chi connectivity index (χ1n) is 11.5. The summed E-state index contributed by atoms with van der Waals surface area (Å²) in [6.07, 6.45) is -4.86. The first kappa shape index (κ1) is 25.7. The van der Waals surface area contributed by atoms with Gasteiger partial charge in [0.2, 0.25) is 5.89 Å². The number of nitrogens with zero attached hydrogens (tertiary/aromatic N) is 2. The van der Waals surface area contributed by atoms with E-state index in [9.17, 15) is 18.0 Å². The number of carbonyl (C=O) groups excluding carboxylic acids is 1. The summed E-state index contributed by atoms with van der Waals surface area (Å²) in [5.74, 6) is 1.06. The molecule has 1 fully saturated rings. The predicted octanol–water partition coefficient (Wildman–Crippen LogP) is 5.18. The van der Waals surface area contributed by atoms with Gasteiger partial charge in [0.1, 0.15) is 29.3 Å². The van der Waals surface area contributed by atoms with Crippen LogP contribution in [0.2, 0.25) is 0 Å². The maximum atomic E-state index is 12.8. The zero-order valence-corrected chi connectivity index (χ0v) is 20.2. The van der Waals surface area contributed by atoms with Crippen molar-refractivity contribution in [1.82, 2.24) is 9.88 Å². The Morgan fingerprint density at radius 2 is 1.86 bits per heavy atom. The fraction of sp³-hybridized carbons (Fsp3) is 0.385. The topological polar surface area (TPSA) is 74.0 Å². The Balaban J connectivity index is 1.41. The second-order valence-electron chi connectivity index (χ2n) is 8.52. The lowest BCUT2D eigenvalue weighted by atomic mass is 10.1. The monoisotopic (exact) mass is 504 g/mol. The van der Waals surface area contributed by atoms with E-state index >= 15 is 0 Å². The molecule has 2 atom stereocenters. The van der Waals surface area contributed by atoms with E-state index in [1.165, 1.54) is 19.2 Å². The van der Waals surface area contributed by atoms with Gasteiger partial charge in [-0.05, 0) is 55.8 Å². The molecule has 2 aromatic carbocycles. The highest BCUT2D eigenvalue weighted by Crippen LogP contribution is 2.32. The number of carbonyl (C=O) groups is 1. The molecule has 1 unspecified atom stereocenters. The molecule has 1 aliphatic rings. The summed E-state index contributed by atoms with van der Waals surface area (Å²) in [5, 5.41) is 0. The Hall–Kier alpha value is -3.37. The number of alkyl halides is 3. The third-order valence-electron chi connectivity index (χ3n) is 6.01. The molecular formula is C26H27F3N2O5. The zero-order chi connectivity index (χ0) is 25.9. The van der Waals surface area contributed by atoms with Crippen molar-refractivity contribution < 1.29 is 36.6 Å². The Labute approximate surface area is 206 Å². The fourth-order valence-corrected chi connectivity index (χ4v) is 4.06. The molecule has 0 aliphatic carbocycles. The molecule has 0 N–H and O–H groups in total. The highest BCUT2D eigenvalue weighted by Gasteiger charge is 2.31. The molecule has 0 radical (unpaired) electrons. The van der Waals surface area contributed by atoms with Gasteiger partial charge >= 0.3 is 12.1 Å². The lowest BCUT2D eigenvalue weighted by Crippen LogP contribution is -2.49. The molecule has 1 saturated heterocycles. The van der Waals surface area contributed by atoms with Crippen LogP contribution in [-0.2, 0) is 27.0 Å². The summed E-state index contributed by atoms with van der Waals surface area (Å²) >= 11 is 0. The second kappa shape index (κ2) is 10.7. The van der Waals surface area contributed by atoms with Gasteiger partial charge < -0.3 is 18.6 Å². The van der Waals surface area contributed by atoms with Gasteiger partial charge in [0.05, 0.1) is 25.9 Å². The number of aryl methyl sites for hydroxylation is 1. The van der Waals surface area contributed by atoms with Gasteiger partial charge in [-0.2, -0.15) is 13.2 Å². The number of halogens is 3. The predicted molar refractivity (Wildman–Crippen MR) is 124 cm³/mol. The van der Waals surface area contributed by atoms with Crippen molar-refractivity contribution in [1.29, 1.82) is 0 Å². The van der Waals surface area contributed by atoms with Crippen LogP contribution >= 0.6 is 0 Å². The lowest BCUT2D eigenvalue weighted by Gasteiger charge is -2.33. The number of esters is 1. The molecule has 7 nitrogen and oxygen atoms in total. The SMILES string of the molecule is COC(=O)[C@@H]1COCCN1Cc1ccc(OC(C)c2nc(-c3ccc(C(F)(F)F)cc3)oc2C)cc1. The van der Waals surface area contributed by atoms with Crippen LogP contribution in [-0.4, -0.2) is 48.8 Å². The normalized spacial score (nSPS) is 17.6. The maximum Gasteiger partial charge on any atom is 0.416 e. The Bertz CT molecular complexity index is 1180. The summed E-state index contributed by atoms with van der Waals surface area (Å²) in [7, 11) is 1.37. The number of benzene rings is 2. The second-order valence-corrected chi connectivity index (χ2v) is 8.52. The molecule has 3 aromatic rings. The number of methoxy groups -OCH3 is 1. The summed E-state index contributed by atoms with van der Waals surface area (Å²) in [6, 6.07) is 11.8. The average Bonchev–Trinajstić information content (AvgIpc) is 3.26. The number of rotatable bonds is 7. The van der Waals surface area contributed by atoms with Crippen LogP contribution in [0.3, 0.4) is 0 Å². The molecule has 1 aromatic heterocycles. The number of hydrogen-bond acceptors (Lipinski definition) is 7. The Kier molecular flexibility index (Phi) is 7.65. The Morgan fingerprint density at radius 1 is 1.17 bits per heavy atom. The van der Waals surface area contributed by atoms with Crippen LogP contribution in [0.25, 0.3) is 11.5 Å². The summed E-state index contributed by atoms with van der Waals surface area (Å²) < 4.78 is 60.5. The minimum atomic E-state index is -4.40. The standard InChI is InChI=1S/C26H27F3N2O5/c1-16(23-17(2)36-24(30-23)19-6-8-20(9-7-19)26(27,28)29)35-21-10-4-18(5-11-21)14-31-12-13-34-15-22(31)25(32)33-3/h4-11,16,22H,12-15H2,1-3H3/t16?,22-/m0/s1. The van der Waals surface area contributed by atoms with Crippen molar-refractivity contribution >= 4 is 5.97 Å². The molecule has 4 rings (SSSR count). The zero-order valence-electron chi connectivity index (χ0n) is 20.2. The van der Waals surface area contributed by atoms with Crippen LogP contribution in [0, 0.1) is 6.92 Å². The third-order valence-corrected chi connectivity index (χ3v) is 6.01. The first-order valence-corrected chi connectivity index (χ1v) is 11.5. The van der Waals surface area contributed by atoms with Crippen molar-refractivity contribution in [3.63, 3.8) is 0 Å². The van der Waals surface area contributed by atoms with E-state index in [2.05, 4.69) is 4.98 Å². The van der Waals surface area contributed by atoms with Gasteiger partial charge in [0.15, 0.2) is 0 Å². The van der Waals surface area contributed by atoms with E-state index in [0.29, 0.717) is 49.1 Å². The number of hydrogen-bond donors (Lipinski definition) is 0. The summed E-state index contributed by atoms with van der Waals surface area (Å²) in [4.78, 5) is 18.5. The molecule has 36 heavy (non-hydrogen) atoms. The molecule has 1 aliphatic heterocycles. The molecule has 10 heteroatoms. The van der Waals surface area contributed by atoms with Gasteiger partial charge in [-0.3, -0.25) is 9.69 Å². The first-order chi connectivity index (χ1) is 17.2. The van der Waals surface area contributed by atoms with Gasteiger partial charge in [0.25, 0.3) is 0 Å². The number of ether oxygens (including phenoxy) is 3. The lowest BCUT2D eigenvalue weighted by molar-refractivity contribution is -0.153. The highest BCUT2D eigenvalue weighted by molar-refractivity contribution is 5.75. The van der Waals surface area contributed by atoms with Crippen LogP contribution in [0.1, 0.15) is 35.6 Å².